The Morgan fingerprint density at radius 2 is 1.93 bits per heavy atom. The minimum absolute atomic E-state index is 0.0408. The highest BCUT2D eigenvalue weighted by atomic mass is 16.8. The molecular formula is C22H38O5. The number of fused-ring (bicyclic) bond motifs is 2. The van der Waals surface area contributed by atoms with Crippen molar-refractivity contribution in [3.05, 3.63) is 24.8 Å². The Balaban J connectivity index is 1.80. The topological polar surface area (TPSA) is 79.2 Å². The fourth-order valence-corrected chi connectivity index (χ4v) is 4.19. The summed E-state index contributed by atoms with van der Waals surface area (Å²) in [6, 6.07) is 0. The maximum Gasteiger partial charge on any atom is 0.169 e. The van der Waals surface area contributed by atoms with Gasteiger partial charge in [-0.05, 0) is 57.3 Å². The first-order valence-electron chi connectivity index (χ1n) is 10.6. The summed E-state index contributed by atoms with van der Waals surface area (Å²) >= 11 is 0. The average Bonchev–Trinajstić information content (AvgIpc) is 2.95. The van der Waals surface area contributed by atoms with Crippen LogP contribution in [0.4, 0.5) is 0 Å². The van der Waals surface area contributed by atoms with Gasteiger partial charge in [-0.25, -0.2) is 0 Å². The molecule has 27 heavy (non-hydrogen) atoms. The molecule has 156 valence electrons. The summed E-state index contributed by atoms with van der Waals surface area (Å²) in [5.41, 5.74) is 0. The van der Waals surface area contributed by atoms with Gasteiger partial charge in [0.05, 0.1) is 24.4 Å². The smallest absolute Gasteiger partial charge is 0.169 e. The van der Waals surface area contributed by atoms with E-state index < -0.39 is 18.0 Å². The van der Waals surface area contributed by atoms with Crippen LogP contribution in [0.1, 0.15) is 71.1 Å². The standard InChI is InChI=1S/C22H38O5/c1-3-4-6-9-18(24)16-19(25)12-14-22-13-11-17(2)21(27-22)20(26-22)10-7-5-8-15-23/h3,5,7,17-21,23-25H,1,4,6,8-16H2,2H3/b7-5-/t17-,18-,19-,20+,21?,22?/m0/s1. The van der Waals surface area contributed by atoms with Gasteiger partial charge >= 0.3 is 0 Å². The van der Waals surface area contributed by atoms with Crippen LogP contribution in [0, 0.1) is 5.92 Å². The SMILES string of the molecule is C=CCCC[C@H](O)C[C@@H](O)CCC12CC[C@H](C)C(O1)[C@@H](C/C=C\CCO)O2. The van der Waals surface area contributed by atoms with Gasteiger partial charge in [-0.15, -0.1) is 6.58 Å². The molecule has 0 aromatic heterocycles. The van der Waals surface area contributed by atoms with Crippen molar-refractivity contribution in [1.29, 1.82) is 0 Å². The normalized spacial score (nSPS) is 32.7. The van der Waals surface area contributed by atoms with Crippen LogP contribution in [-0.4, -0.2) is 52.1 Å². The molecule has 0 aromatic rings. The fourth-order valence-electron chi connectivity index (χ4n) is 4.19. The van der Waals surface area contributed by atoms with Crippen LogP contribution < -0.4 is 0 Å². The molecular weight excluding hydrogens is 344 g/mol. The average molecular weight is 383 g/mol. The van der Waals surface area contributed by atoms with E-state index in [-0.39, 0.29) is 18.8 Å². The zero-order chi connectivity index (χ0) is 19.7. The van der Waals surface area contributed by atoms with E-state index in [1.807, 2.05) is 12.2 Å². The molecule has 3 N–H and O–H groups in total. The van der Waals surface area contributed by atoms with Crippen LogP contribution in [0.3, 0.4) is 0 Å². The van der Waals surface area contributed by atoms with Crippen molar-refractivity contribution < 1.29 is 24.8 Å². The zero-order valence-electron chi connectivity index (χ0n) is 16.8. The van der Waals surface area contributed by atoms with E-state index in [1.54, 1.807) is 0 Å². The summed E-state index contributed by atoms with van der Waals surface area (Å²) in [4.78, 5) is 0. The monoisotopic (exact) mass is 382 g/mol. The highest BCUT2D eigenvalue weighted by molar-refractivity contribution is 4.97. The predicted molar refractivity (Wildman–Crippen MR) is 106 cm³/mol. The maximum absolute atomic E-state index is 10.3. The molecule has 5 heteroatoms. The molecule has 2 fully saturated rings. The summed E-state index contributed by atoms with van der Waals surface area (Å²) in [6.45, 7) is 6.06. The summed E-state index contributed by atoms with van der Waals surface area (Å²) in [5, 5.41) is 29.3. The Bertz CT molecular complexity index is 466. The molecule has 5 nitrogen and oxygen atoms in total. The molecule has 2 unspecified atom stereocenters. The molecule has 0 amide bonds. The van der Waals surface area contributed by atoms with Gasteiger partial charge in [-0.1, -0.05) is 25.2 Å². The summed E-state index contributed by atoms with van der Waals surface area (Å²) < 4.78 is 12.6. The van der Waals surface area contributed by atoms with E-state index in [0.717, 1.165) is 32.1 Å². The summed E-state index contributed by atoms with van der Waals surface area (Å²) in [6.07, 6.45) is 12.6. The minimum atomic E-state index is -0.582. The lowest BCUT2D eigenvalue weighted by atomic mass is 9.88. The third-order valence-corrected chi connectivity index (χ3v) is 5.80. The molecule has 2 bridgehead atoms. The van der Waals surface area contributed by atoms with E-state index in [9.17, 15) is 10.2 Å². The Kier molecular flexibility index (Phi) is 9.46. The molecule has 0 saturated carbocycles. The van der Waals surface area contributed by atoms with E-state index in [0.29, 0.717) is 38.0 Å². The highest BCUT2D eigenvalue weighted by Crippen LogP contribution is 2.46. The lowest BCUT2D eigenvalue weighted by molar-refractivity contribution is -0.208. The van der Waals surface area contributed by atoms with Gasteiger partial charge in [0, 0.05) is 19.4 Å². The number of rotatable bonds is 13. The molecule has 0 aliphatic carbocycles. The molecule has 0 radical (unpaired) electrons. The first-order chi connectivity index (χ1) is 13.0. The largest absolute Gasteiger partial charge is 0.396 e. The number of ether oxygens (including phenoxy) is 2. The number of hydrogen-bond donors (Lipinski definition) is 3. The fraction of sp³-hybridized carbons (Fsp3) is 0.818. The molecule has 2 aliphatic rings. The van der Waals surface area contributed by atoms with Crippen molar-refractivity contribution in [1.82, 2.24) is 0 Å². The Morgan fingerprint density at radius 3 is 2.67 bits per heavy atom. The number of aliphatic hydroxyl groups excluding tert-OH is 3. The van der Waals surface area contributed by atoms with E-state index >= 15 is 0 Å². The predicted octanol–water partition coefficient (Wildman–Crippen LogP) is 3.47. The Hall–Kier alpha value is -0.720. The van der Waals surface area contributed by atoms with Crippen molar-refractivity contribution in [3.63, 3.8) is 0 Å². The van der Waals surface area contributed by atoms with E-state index in [1.165, 1.54) is 0 Å². The van der Waals surface area contributed by atoms with Gasteiger partial charge in [0.2, 0.25) is 0 Å². The molecule has 0 spiro atoms. The lowest BCUT2D eigenvalue weighted by Gasteiger charge is -2.35. The van der Waals surface area contributed by atoms with Crippen LogP contribution >= 0.6 is 0 Å². The van der Waals surface area contributed by atoms with Crippen molar-refractivity contribution in [2.45, 2.75) is 101 Å². The number of hydrogen-bond acceptors (Lipinski definition) is 5. The van der Waals surface area contributed by atoms with Crippen LogP contribution in [0.25, 0.3) is 0 Å². The second-order valence-corrected chi connectivity index (χ2v) is 8.19. The second kappa shape index (κ2) is 11.3. The quantitative estimate of drug-likeness (QED) is 0.336. The van der Waals surface area contributed by atoms with Crippen LogP contribution in [-0.2, 0) is 9.47 Å². The number of aliphatic hydroxyl groups is 3. The molecule has 2 heterocycles. The van der Waals surface area contributed by atoms with Crippen LogP contribution in [0.15, 0.2) is 24.8 Å². The lowest BCUT2D eigenvalue weighted by Crippen LogP contribution is -2.38. The van der Waals surface area contributed by atoms with Gasteiger partial charge in [0.1, 0.15) is 0 Å². The van der Waals surface area contributed by atoms with Crippen molar-refractivity contribution >= 4 is 0 Å². The van der Waals surface area contributed by atoms with Gasteiger partial charge in [-0.2, -0.15) is 0 Å². The molecule has 6 atom stereocenters. The zero-order valence-corrected chi connectivity index (χ0v) is 16.8. The minimum Gasteiger partial charge on any atom is -0.396 e. The van der Waals surface area contributed by atoms with E-state index in [2.05, 4.69) is 19.6 Å². The third kappa shape index (κ3) is 6.99. The third-order valence-electron chi connectivity index (χ3n) is 5.80. The van der Waals surface area contributed by atoms with Gasteiger partial charge in [-0.3, -0.25) is 0 Å². The highest BCUT2D eigenvalue weighted by Gasteiger charge is 2.52. The summed E-state index contributed by atoms with van der Waals surface area (Å²) in [7, 11) is 0. The number of allylic oxidation sites excluding steroid dienone is 1. The van der Waals surface area contributed by atoms with Crippen molar-refractivity contribution in [2.24, 2.45) is 5.92 Å². The Labute approximate surface area is 164 Å². The Morgan fingerprint density at radius 1 is 1.15 bits per heavy atom. The first kappa shape index (κ1) is 22.6. The maximum atomic E-state index is 10.3. The molecule has 2 aliphatic heterocycles. The van der Waals surface area contributed by atoms with Crippen molar-refractivity contribution in [3.8, 4) is 0 Å². The molecule has 2 rings (SSSR count). The second-order valence-electron chi connectivity index (χ2n) is 8.19. The molecule has 0 aromatic carbocycles. The first-order valence-corrected chi connectivity index (χ1v) is 10.6. The van der Waals surface area contributed by atoms with Crippen molar-refractivity contribution in [2.75, 3.05) is 6.61 Å². The summed E-state index contributed by atoms with van der Waals surface area (Å²) in [5.74, 6) is -0.116. The van der Waals surface area contributed by atoms with Crippen LogP contribution in [0.5, 0.6) is 0 Å². The van der Waals surface area contributed by atoms with E-state index in [4.69, 9.17) is 14.6 Å². The van der Waals surface area contributed by atoms with Gasteiger partial charge < -0.3 is 24.8 Å². The van der Waals surface area contributed by atoms with Crippen LogP contribution in [0.2, 0.25) is 0 Å². The van der Waals surface area contributed by atoms with Gasteiger partial charge in [0.15, 0.2) is 5.79 Å². The number of unbranched alkanes of at least 4 members (excludes halogenated alkanes) is 1. The van der Waals surface area contributed by atoms with Gasteiger partial charge in [0.25, 0.3) is 0 Å². The molecule has 2 saturated heterocycles.